The van der Waals surface area contributed by atoms with Gasteiger partial charge in [0.15, 0.2) is 12.5 Å². The molecule has 0 radical (unpaired) electrons. The fourth-order valence-electron chi connectivity index (χ4n) is 0.827. The molecule has 0 aliphatic carbocycles. The smallest absolute Gasteiger partial charge is 0.248 e. The Morgan fingerprint density at radius 3 is 2.27 bits per heavy atom. The number of aliphatic hydroxyl groups is 2. The summed E-state index contributed by atoms with van der Waals surface area (Å²) in [7, 11) is 0. The summed E-state index contributed by atoms with van der Waals surface area (Å²) in [6.07, 6.45) is 3.97. The minimum absolute atomic E-state index is 0.546. The molecule has 2 atom stereocenters. The Balaban J connectivity index is 2.82. The maximum absolute atomic E-state index is 9.09. The van der Waals surface area contributed by atoms with Crippen LogP contribution in [0.2, 0.25) is 0 Å². The van der Waals surface area contributed by atoms with Crippen LogP contribution in [0.25, 0.3) is 0 Å². The van der Waals surface area contributed by atoms with Crippen LogP contribution in [0.15, 0.2) is 18.7 Å². The normalized spacial score (nSPS) is 16.4. The van der Waals surface area contributed by atoms with E-state index in [2.05, 4.69) is 0 Å². The minimum Gasteiger partial charge on any atom is -0.355 e. The molecule has 0 aliphatic heterocycles. The molecule has 0 saturated heterocycles. The highest BCUT2D eigenvalue weighted by atomic mass is 16.3. The zero-order chi connectivity index (χ0) is 8.43. The fourth-order valence-corrected chi connectivity index (χ4v) is 0.827. The van der Waals surface area contributed by atoms with Crippen LogP contribution in [0.3, 0.4) is 0 Å². The van der Waals surface area contributed by atoms with E-state index < -0.39 is 12.5 Å². The lowest BCUT2D eigenvalue weighted by atomic mass is 10.6. The summed E-state index contributed by atoms with van der Waals surface area (Å²) < 4.78 is 3.21. The van der Waals surface area contributed by atoms with E-state index in [0.717, 1.165) is 0 Å². The van der Waals surface area contributed by atoms with E-state index in [1.54, 1.807) is 41.7 Å². The molecule has 2 unspecified atom stereocenters. The Bertz CT molecular complexity index is 208. The first kappa shape index (κ1) is 8.23. The first-order chi connectivity index (χ1) is 5.11. The number of imidazole rings is 1. The predicted molar refractivity (Wildman–Crippen MR) is 38.5 cm³/mol. The Kier molecular flexibility index (Phi) is 2.26. The maximum Gasteiger partial charge on any atom is 0.248 e. The van der Waals surface area contributed by atoms with E-state index in [9.17, 15) is 0 Å². The lowest BCUT2D eigenvalue weighted by molar-refractivity contribution is -0.755. The monoisotopic (exact) mass is 157 g/mol. The van der Waals surface area contributed by atoms with Crippen molar-refractivity contribution in [2.45, 2.75) is 26.3 Å². The molecule has 0 spiro atoms. The van der Waals surface area contributed by atoms with Gasteiger partial charge in [-0.3, -0.25) is 0 Å². The largest absolute Gasteiger partial charge is 0.355 e. The van der Waals surface area contributed by atoms with Gasteiger partial charge < -0.3 is 10.2 Å². The van der Waals surface area contributed by atoms with Crippen molar-refractivity contribution in [1.82, 2.24) is 4.57 Å². The molecule has 0 aliphatic rings. The standard InChI is InChI=1S/C7H13N2O2/c1-6(10)8-3-4-9(5-8)7(2)11/h3-7,10-11H,1-2H3/q+1. The van der Waals surface area contributed by atoms with Crippen molar-refractivity contribution >= 4 is 0 Å². The number of aromatic nitrogens is 2. The van der Waals surface area contributed by atoms with Crippen molar-refractivity contribution in [3.8, 4) is 0 Å². The Morgan fingerprint density at radius 2 is 2.00 bits per heavy atom. The SMILES string of the molecule is CC(O)n1cc[n+](C(C)O)c1. The van der Waals surface area contributed by atoms with Crippen LogP contribution in [0, 0.1) is 0 Å². The van der Waals surface area contributed by atoms with Crippen LogP contribution < -0.4 is 4.57 Å². The Labute approximate surface area is 65.3 Å². The summed E-state index contributed by atoms with van der Waals surface area (Å²) in [6, 6.07) is 0. The zero-order valence-electron chi connectivity index (χ0n) is 6.68. The van der Waals surface area contributed by atoms with Gasteiger partial charge in [0.1, 0.15) is 12.4 Å². The summed E-state index contributed by atoms with van der Waals surface area (Å²) in [5, 5.41) is 18.2. The summed E-state index contributed by atoms with van der Waals surface area (Å²) in [6.45, 7) is 3.32. The van der Waals surface area contributed by atoms with Crippen molar-refractivity contribution in [3.05, 3.63) is 18.7 Å². The highest BCUT2D eigenvalue weighted by Crippen LogP contribution is 1.98. The van der Waals surface area contributed by atoms with Crippen molar-refractivity contribution in [2.24, 2.45) is 0 Å². The van der Waals surface area contributed by atoms with Crippen LogP contribution in [0.1, 0.15) is 26.3 Å². The topological polar surface area (TPSA) is 49.3 Å². The molecule has 0 bridgehead atoms. The van der Waals surface area contributed by atoms with E-state index in [1.165, 1.54) is 0 Å². The van der Waals surface area contributed by atoms with Crippen molar-refractivity contribution in [3.63, 3.8) is 0 Å². The van der Waals surface area contributed by atoms with E-state index in [4.69, 9.17) is 10.2 Å². The molecule has 0 aromatic carbocycles. The highest BCUT2D eigenvalue weighted by molar-refractivity contribution is 4.67. The molecule has 1 aromatic heterocycles. The third-order valence-corrected chi connectivity index (χ3v) is 1.54. The molecule has 62 valence electrons. The lowest BCUT2D eigenvalue weighted by Crippen LogP contribution is -2.35. The van der Waals surface area contributed by atoms with Gasteiger partial charge in [-0.05, 0) is 0 Å². The number of rotatable bonds is 2. The second-order valence-electron chi connectivity index (χ2n) is 2.57. The third-order valence-electron chi connectivity index (χ3n) is 1.54. The lowest BCUT2D eigenvalue weighted by Gasteiger charge is -1.98. The van der Waals surface area contributed by atoms with Gasteiger partial charge in [-0.25, -0.2) is 9.13 Å². The van der Waals surface area contributed by atoms with Crippen LogP contribution in [0.5, 0.6) is 0 Å². The minimum atomic E-state index is -0.546. The summed E-state index contributed by atoms with van der Waals surface area (Å²) >= 11 is 0. The van der Waals surface area contributed by atoms with E-state index in [-0.39, 0.29) is 0 Å². The average molecular weight is 157 g/mol. The van der Waals surface area contributed by atoms with Crippen molar-refractivity contribution in [1.29, 1.82) is 0 Å². The van der Waals surface area contributed by atoms with Gasteiger partial charge in [0.2, 0.25) is 6.33 Å². The first-order valence-electron chi connectivity index (χ1n) is 3.55. The number of aliphatic hydroxyl groups excluding tert-OH is 2. The van der Waals surface area contributed by atoms with Crippen LogP contribution >= 0.6 is 0 Å². The second-order valence-corrected chi connectivity index (χ2v) is 2.57. The molecule has 2 N–H and O–H groups in total. The Morgan fingerprint density at radius 1 is 1.36 bits per heavy atom. The third kappa shape index (κ3) is 1.78. The molecular formula is C7H13N2O2+. The summed E-state index contributed by atoms with van der Waals surface area (Å²) in [5.74, 6) is 0. The molecule has 4 nitrogen and oxygen atoms in total. The highest BCUT2D eigenvalue weighted by Gasteiger charge is 2.10. The number of hydrogen-bond acceptors (Lipinski definition) is 2. The predicted octanol–water partition coefficient (Wildman–Crippen LogP) is -0.203. The molecule has 0 saturated carbocycles. The van der Waals surface area contributed by atoms with Gasteiger partial charge in [-0.15, -0.1) is 0 Å². The van der Waals surface area contributed by atoms with Gasteiger partial charge in [0, 0.05) is 13.8 Å². The first-order valence-corrected chi connectivity index (χ1v) is 3.55. The van der Waals surface area contributed by atoms with Gasteiger partial charge in [0.25, 0.3) is 0 Å². The van der Waals surface area contributed by atoms with Crippen molar-refractivity contribution < 1.29 is 14.8 Å². The fraction of sp³-hybridized carbons (Fsp3) is 0.571. The molecule has 0 fully saturated rings. The quantitative estimate of drug-likeness (QED) is 0.584. The van der Waals surface area contributed by atoms with Crippen molar-refractivity contribution in [2.75, 3.05) is 0 Å². The second kappa shape index (κ2) is 3.02. The molecule has 11 heavy (non-hydrogen) atoms. The van der Waals surface area contributed by atoms with Crippen LogP contribution in [-0.2, 0) is 0 Å². The number of nitrogens with zero attached hydrogens (tertiary/aromatic N) is 2. The van der Waals surface area contributed by atoms with E-state index >= 15 is 0 Å². The summed E-state index contributed by atoms with van der Waals surface area (Å²) in [5.41, 5.74) is 0. The zero-order valence-corrected chi connectivity index (χ0v) is 6.68. The molecule has 0 amide bonds. The van der Waals surface area contributed by atoms with Gasteiger partial charge in [-0.1, -0.05) is 0 Å². The maximum atomic E-state index is 9.09. The van der Waals surface area contributed by atoms with E-state index in [1.807, 2.05) is 0 Å². The van der Waals surface area contributed by atoms with Gasteiger partial charge in [0.05, 0.1) is 0 Å². The van der Waals surface area contributed by atoms with Crippen LogP contribution in [0.4, 0.5) is 0 Å². The Hall–Kier alpha value is -0.870. The summed E-state index contributed by atoms with van der Waals surface area (Å²) in [4.78, 5) is 0. The van der Waals surface area contributed by atoms with Gasteiger partial charge >= 0.3 is 0 Å². The molecule has 1 heterocycles. The molecular weight excluding hydrogens is 144 g/mol. The molecule has 4 heteroatoms. The molecule has 1 aromatic rings. The number of hydrogen-bond donors (Lipinski definition) is 2. The van der Waals surface area contributed by atoms with Crippen LogP contribution in [-0.4, -0.2) is 14.8 Å². The van der Waals surface area contributed by atoms with Gasteiger partial charge in [-0.2, -0.15) is 0 Å². The average Bonchev–Trinajstić information content (AvgIpc) is 2.33. The molecule has 1 rings (SSSR count). The van der Waals surface area contributed by atoms with E-state index in [0.29, 0.717) is 0 Å².